The van der Waals surface area contributed by atoms with Crippen LogP contribution in [0.25, 0.3) is 0 Å². The second-order valence-electron chi connectivity index (χ2n) is 1.50. The van der Waals surface area contributed by atoms with E-state index in [0.29, 0.717) is 5.56 Å². The number of hydrogen-bond donors (Lipinski definition) is 0. The predicted molar refractivity (Wildman–Crippen MR) is 44.8 cm³/mol. The van der Waals surface area contributed by atoms with Crippen molar-refractivity contribution in [3.05, 3.63) is 22.2 Å². The number of halogens is 2. The maximum Gasteiger partial charge on any atom is 0.223 e. The minimum atomic E-state index is 0.130. The van der Waals surface area contributed by atoms with Crippen LogP contribution in [-0.4, -0.2) is 15.3 Å². The quantitative estimate of drug-likeness (QED) is 0.388. The summed E-state index contributed by atoms with van der Waals surface area (Å²) < 4.78 is 0. The highest BCUT2D eigenvalue weighted by molar-refractivity contribution is 7.79. The average Bonchev–Trinajstić information content (AvgIpc) is 1.88. The van der Waals surface area contributed by atoms with E-state index < -0.39 is 0 Å². The lowest BCUT2D eigenvalue weighted by Gasteiger charge is -1.93. The van der Waals surface area contributed by atoms with Crippen molar-refractivity contribution >= 4 is 40.8 Å². The summed E-state index contributed by atoms with van der Waals surface area (Å²) in [7, 11) is 0. The molecule has 5 heteroatoms. The number of rotatable bonds is 1. The Morgan fingerprint density at radius 1 is 1.50 bits per heavy atom. The first-order chi connectivity index (χ1) is 4.74. The Kier molecular flexibility index (Phi) is 2.54. The highest BCUT2D eigenvalue weighted by atomic mass is 35.5. The van der Waals surface area contributed by atoms with Gasteiger partial charge in [-0.3, -0.25) is 0 Å². The van der Waals surface area contributed by atoms with Gasteiger partial charge in [-0.05, 0) is 11.6 Å². The van der Waals surface area contributed by atoms with E-state index in [1.54, 1.807) is 0 Å². The van der Waals surface area contributed by atoms with E-state index >= 15 is 0 Å². The molecule has 1 rings (SSSR count). The molecule has 0 fully saturated rings. The van der Waals surface area contributed by atoms with Crippen LogP contribution in [0.4, 0.5) is 0 Å². The van der Waals surface area contributed by atoms with Gasteiger partial charge in [-0.1, -0.05) is 23.8 Å². The number of hydrogen-bond acceptors (Lipinski definition) is 3. The topological polar surface area (TPSA) is 25.8 Å². The van der Waals surface area contributed by atoms with Crippen molar-refractivity contribution in [3.63, 3.8) is 0 Å². The number of aromatic nitrogens is 2. The Morgan fingerprint density at radius 2 is 2.20 bits per heavy atom. The summed E-state index contributed by atoms with van der Waals surface area (Å²) in [6.07, 6.45) is 1.48. The molecule has 0 aromatic carbocycles. The van der Waals surface area contributed by atoms with Gasteiger partial charge in [-0.25, -0.2) is 9.97 Å². The van der Waals surface area contributed by atoms with Gasteiger partial charge in [0.15, 0.2) is 0 Å². The van der Waals surface area contributed by atoms with Crippen LogP contribution < -0.4 is 0 Å². The van der Waals surface area contributed by atoms with E-state index in [1.807, 2.05) is 0 Å². The molecular formula is C5H2Cl2N2S. The minimum Gasteiger partial charge on any atom is -0.226 e. The van der Waals surface area contributed by atoms with E-state index in [-0.39, 0.29) is 10.4 Å². The summed E-state index contributed by atoms with van der Waals surface area (Å²) in [6.45, 7) is 0. The molecule has 0 unspecified atom stereocenters. The van der Waals surface area contributed by atoms with Crippen molar-refractivity contribution in [1.29, 1.82) is 0 Å². The fourth-order valence-corrected chi connectivity index (χ4v) is 1.03. The van der Waals surface area contributed by atoms with Crippen LogP contribution in [0.2, 0.25) is 10.4 Å². The van der Waals surface area contributed by atoms with E-state index in [0.717, 1.165) is 0 Å². The zero-order valence-corrected chi connectivity index (χ0v) is 7.04. The molecule has 0 aliphatic carbocycles. The smallest absolute Gasteiger partial charge is 0.223 e. The van der Waals surface area contributed by atoms with Gasteiger partial charge in [0.25, 0.3) is 0 Å². The molecule has 0 bridgehead atoms. The molecule has 0 saturated heterocycles. The van der Waals surface area contributed by atoms with Crippen LogP contribution in [0.5, 0.6) is 0 Å². The molecule has 0 amide bonds. The molecule has 0 aliphatic rings. The molecular weight excluding hydrogens is 191 g/mol. The predicted octanol–water partition coefficient (Wildman–Crippen LogP) is 2.13. The van der Waals surface area contributed by atoms with Crippen LogP contribution in [0.15, 0.2) is 6.20 Å². The maximum absolute atomic E-state index is 5.60. The number of thiocarbonyl (C=S) groups is 1. The van der Waals surface area contributed by atoms with Crippen LogP contribution in [0.3, 0.4) is 0 Å². The molecule has 0 aliphatic heterocycles. The van der Waals surface area contributed by atoms with Crippen molar-refractivity contribution in [1.82, 2.24) is 9.97 Å². The molecule has 1 aromatic rings. The third-order valence-electron chi connectivity index (χ3n) is 0.866. The van der Waals surface area contributed by atoms with Crippen molar-refractivity contribution in [3.8, 4) is 0 Å². The fraction of sp³-hybridized carbons (Fsp3) is 0. The molecule has 52 valence electrons. The van der Waals surface area contributed by atoms with E-state index in [9.17, 15) is 0 Å². The highest BCUT2D eigenvalue weighted by Gasteiger charge is 1.98. The maximum atomic E-state index is 5.60. The molecule has 0 N–H and O–H groups in total. The Balaban J connectivity index is 3.19. The van der Waals surface area contributed by atoms with Gasteiger partial charge in [0.1, 0.15) is 5.15 Å². The van der Waals surface area contributed by atoms with E-state index in [4.69, 9.17) is 23.2 Å². The Morgan fingerprint density at radius 3 is 2.70 bits per heavy atom. The third kappa shape index (κ3) is 1.62. The second kappa shape index (κ2) is 3.23. The first-order valence-corrected chi connectivity index (χ1v) is 3.60. The Bertz CT molecular complexity index is 264. The molecule has 0 atom stereocenters. The van der Waals surface area contributed by atoms with E-state index in [2.05, 4.69) is 22.2 Å². The lowest BCUT2D eigenvalue weighted by atomic mass is 10.4. The Labute approximate surface area is 73.2 Å². The molecule has 2 nitrogen and oxygen atoms in total. The second-order valence-corrected chi connectivity index (χ2v) is 2.43. The van der Waals surface area contributed by atoms with Gasteiger partial charge in [-0.2, -0.15) is 0 Å². The number of nitrogens with zero attached hydrogens (tertiary/aromatic N) is 2. The molecule has 0 saturated carbocycles. The average molecular weight is 193 g/mol. The van der Waals surface area contributed by atoms with Crippen LogP contribution in [0, 0.1) is 0 Å². The summed E-state index contributed by atoms with van der Waals surface area (Å²) >= 11 is 15.6. The summed E-state index contributed by atoms with van der Waals surface area (Å²) in [5.41, 5.74) is 0.612. The van der Waals surface area contributed by atoms with Gasteiger partial charge in [0.2, 0.25) is 5.28 Å². The third-order valence-corrected chi connectivity index (χ3v) is 1.60. The molecule has 0 spiro atoms. The molecule has 10 heavy (non-hydrogen) atoms. The summed E-state index contributed by atoms with van der Waals surface area (Å²) in [6, 6.07) is 0. The van der Waals surface area contributed by atoms with Crippen molar-refractivity contribution < 1.29 is 0 Å². The van der Waals surface area contributed by atoms with Gasteiger partial charge >= 0.3 is 0 Å². The minimum absolute atomic E-state index is 0.130. The van der Waals surface area contributed by atoms with Gasteiger partial charge in [0, 0.05) is 17.1 Å². The van der Waals surface area contributed by atoms with Crippen LogP contribution in [0.1, 0.15) is 5.56 Å². The summed E-state index contributed by atoms with van der Waals surface area (Å²) in [4.78, 5) is 7.35. The van der Waals surface area contributed by atoms with Gasteiger partial charge in [0.05, 0.1) is 0 Å². The zero-order chi connectivity index (χ0) is 7.56. The molecule has 0 radical (unpaired) electrons. The standard InChI is InChI=1S/C5H2Cl2N2S/c6-4-3(2-10)1-8-5(7)9-4/h1-2H. The van der Waals surface area contributed by atoms with Crippen molar-refractivity contribution in [2.45, 2.75) is 0 Å². The van der Waals surface area contributed by atoms with Gasteiger partial charge < -0.3 is 0 Å². The highest BCUT2D eigenvalue weighted by Crippen LogP contribution is 2.11. The first-order valence-electron chi connectivity index (χ1n) is 2.37. The monoisotopic (exact) mass is 192 g/mol. The fourth-order valence-electron chi connectivity index (χ4n) is 0.430. The zero-order valence-electron chi connectivity index (χ0n) is 4.71. The molecule has 1 heterocycles. The normalized spacial score (nSPS) is 9.40. The van der Waals surface area contributed by atoms with E-state index in [1.165, 1.54) is 11.6 Å². The SMILES string of the molecule is S=Cc1cnc(Cl)nc1Cl. The van der Waals surface area contributed by atoms with Crippen LogP contribution >= 0.6 is 35.4 Å². The Hall–Kier alpha value is -0.250. The molecule has 1 aromatic heterocycles. The lowest BCUT2D eigenvalue weighted by Crippen LogP contribution is -1.88. The lowest BCUT2D eigenvalue weighted by molar-refractivity contribution is 1.16. The van der Waals surface area contributed by atoms with Gasteiger partial charge in [-0.15, -0.1) is 0 Å². The van der Waals surface area contributed by atoms with Crippen molar-refractivity contribution in [2.75, 3.05) is 0 Å². The van der Waals surface area contributed by atoms with Crippen molar-refractivity contribution in [2.24, 2.45) is 0 Å². The largest absolute Gasteiger partial charge is 0.226 e. The summed E-state index contributed by atoms with van der Waals surface area (Å²) in [5, 5.41) is 1.82. The summed E-state index contributed by atoms with van der Waals surface area (Å²) in [5.74, 6) is 0. The first kappa shape index (κ1) is 7.85. The van der Waals surface area contributed by atoms with Crippen LogP contribution in [-0.2, 0) is 0 Å².